The normalized spacial score (nSPS) is 22.9. The molecule has 1 rings (SSSR count). The predicted molar refractivity (Wildman–Crippen MR) is 59.6 cm³/mol. The maximum atomic E-state index is 5.10. The number of piperidine rings is 1. The number of nitrogens with one attached hydrogen (secondary N) is 1. The Bertz CT molecular complexity index is 135. The molecule has 1 saturated heterocycles. The zero-order chi connectivity index (χ0) is 10.2. The van der Waals surface area contributed by atoms with Gasteiger partial charge in [0.25, 0.3) is 0 Å². The summed E-state index contributed by atoms with van der Waals surface area (Å²) in [5, 5.41) is 3.58. The molecule has 3 nitrogen and oxygen atoms in total. The van der Waals surface area contributed by atoms with Gasteiger partial charge in [-0.05, 0) is 25.9 Å². The van der Waals surface area contributed by atoms with Crippen molar-refractivity contribution < 1.29 is 4.74 Å². The molecule has 0 aliphatic carbocycles. The first-order valence-electron chi connectivity index (χ1n) is 5.81. The van der Waals surface area contributed by atoms with Crippen LogP contribution in [0.15, 0.2) is 0 Å². The van der Waals surface area contributed by atoms with Crippen LogP contribution in [-0.4, -0.2) is 50.8 Å². The van der Waals surface area contributed by atoms with Crippen LogP contribution in [0.3, 0.4) is 0 Å². The van der Waals surface area contributed by atoms with E-state index in [1.807, 2.05) is 0 Å². The van der Waals surface area contributed by atoms with E-state index in [4.69, 9.17) is 4.74 Å². The van der Waals surface area contributed by atoms with Gasteiger partial charge in [0, 0.05) is 26.2 Å². The smallest absolute Gasteiger partial charge is 0.0589 e. The van der Waals surface area contributed by atoms with Crippen LogP contribution in [0.2, 0.25) is 0 Å². The minimum atomic E-state index is 0.709. The largest absolute Gasteiger partial charge is 0.383 e. The summed E-state index contributed by atoms with van der Waals surface area (Å²) in [6, 6.07) is 0.709. The molecule has 1 fully saturated rings. The molecule has 1 aliphatic heterocycles. The van der Waals surface area contributed by atoms with Crippen LogP contribution in [0.5, 0.6) is 0 Å². The van der Waals surface area contributed by atoms with Gasteiger partial charge in [-0.3, -0.25) is 4.90 Å². The van der Waals surface area contributed by atoms with Crippen LogP contribution < -0.4 is 5.32 Å². The van der Waals surface area contributed by atoms with Crippen LogP contribution in [-0.2, 0) is 4.74 Å². The number of hydrogen-bond donors (Lipinski definition) is 1. The summed E-state index contributed by atoms with van der Waals surface area (Å²) in [7, 11) is 1.77. The molecule has 84 valence electrons. The zero-order valence-corrected chi connectivity index (χ0v) is 9.59. The van der Waals surface area contributed by atoms with E-state index in [-0.39, 0.29) is 0 Å². The molecule has 1 atom stereocenters. The Morgan fingerprint density at radius 1 is 1.43 bits per heavy atom. The fourth-order valence-electron chi connectivity index (χ4n) is 1.99. The molecule has 1 unspecified atom stereocenters. The van der Waals surface area contributed by atoms with Crippen molar-refractivity contribution in [1.82, 2.24) is 10.2 Å². The SMILES string of the molecule is CCN(CCOC)CC1CCCCN1. The molecule has 0 bridgehead atoms. The zero-order valence-electron chi connectivity index (χ0n) is 9.59. The van der Waals surface area contributed by atoms with Crippen molar-refractivity contribution in [3.63, 3.8) is 0 Å². The van der Waals surface area contributed by atoms with Crippen molar-refractivity contribution >= 4 is 0 Å². The third-order valence-corrected chi connectivity index (χ3v) is 2.95. The molecule has 0 saturated carbocycles. The lowest BCUT2D eigenvalue weighted by atomic mass is 10.0. The Hall–Kier alpha value is -0.120. The van der Waals surface area contributed by atoms with Crippen molar-refractivity contribution in [2.45, 2.75) is 32.2 Å². The van der Waals surface area contributed by atoms with Gasteiger partial charge in [0.15, 0.2) is 0 Å². The molecule has 14 heavy (non-hydrogen) atoms. The lowest BCUT2D eigenvalue weighted by molar-refractivity contribution is 0.140. The summed E-state index contributed by atoms with van der Waals surface area (Å²) in [6.07, 6.45) is 4.07. The second-order valence-electron chi connectivity index (χ2n) is 4.03. The fraction of sp³-hybridized carbons (Fsp3) is 1.00. The Morgan fingerprint density at radius 2 is 2.29 bits per heavy atom. The molecule has 0 aromatic carbocycles. The van der Waals surface area contributed by atoms with Gasteiger partial charge in [0.1, 0.15) is 0 Å². The van der Waals surface area contributed by atoms with E-state index >= 15 is 0 Å². The number of likely N-dealkylation sites (N-methyl/N-ethyl adjacent to an activating group) is 1. The summed E-state index contributed by atoms with van der Waals surface area (Å²) in [6.45, 7) is 7.64. The second kappa shape index (κ2) is 7.21. The lowest BCUT2D eigenvalue weighted by Gasteiger charge is -2.29. The third kappa shape index (κ3) is 4.40. The monoisotopic (exact) mass is 200 g/mol. The van der Waals surface area contributed by atoms with E-state index in [0.717, 1.165) is 19.7 Å². The maximum absolute atomic E-state index is 5.10. The third-order valence-electron chi connectivity index (χ3n) is 2.95. The Labute approximate surface area is 87.8 Å². The molecule has 1 heterocycles. The number of methoxy groups -OCH3 is 1. The summed E-state index contributed by atoms with van der Waals surface area (Å²) in [5.41, 5.74) is 0. The van der Waals surface area contributed by atoms with Crippen molar-refractivity contribution in [1.29, 1.82) is 0 Å². The number of nitrogens with zero attached hydrogens (tertiary/aromatic N) is 1. The average Bonchev–Trinajstić information content (AvgIpc) is 2.25. The first kappa shape index (κ1) is 12.0. The van der Waals surface area contributed by atoms with Crippen molar-refractivity contribution in [2.75, 3.05) is 39.9 Å². The van der Waals surface area contributed by atoms with Crippen molar-refractivity contribution in [3.05, 3.63) is 0 Å². The van der Waals surface area contributed by atoms with Gasteiger partial charge in [-0.2, -0.15) is 0 Å². The maximum Gasteiger partial charge on any atom is 0.0589 e. The highest BCUT2D eigenvalue weighted by Gasteiger charge is 2.15. The molecule has 0 aromatic heterocycles. The van der Waals surface area contributed by atoms with Gasteiger partial charge in [0.05, 0.1) is 6.61 Å². The van der Waals surface area contributed by atoms with Crippen LogP contribution in [0, 0.1) is 0 Å². The van der Waals surface area contributed by atoms with Crippen LogP contribution in [0.4, 0.5) is 0 Å². The molecule has 0 radical (unpaired) electrons. The Morgan fingerprint density at radius 3 is 2.86 bits per heavy atom. The van der Waals surface area contributed by atoms with Crippen molar-refractivity contribution in [3.8, 4) is 0 Å². The van der Waals surface area contributed by atoms with E-state index in [0.29, 0.717) is 6.04 Å². The Kier molecular flexibility index (Phi) is 6.15. The van der Waals surface area contributed by atoms with E-state index in [1.165, 1.54) is 32.4 Å². The van der Waals surface area contributed by atoms with Gasteiger partial charge < -0.3 is 10.1 Å². The summed E-state index contributed by atoms with van der Waals surface area (Å²) in [4.78, 5) is 2.46. The molecular formula is C11H24N2O. The lowest BCUT2D eigenvalue weighted by Crippen LogP contribution is -2.44. The quantitative estimate of drug-likeness (QED) is 0.695. The van der Waals surface area contributed by atoms with Gasteiger partial charge in [-0.15, -0.1) is 0 Å². The minimum Gasteiger partial charge on any atom is -0.383 e. The topological polar surface area (TPSA) is 24.5 Å². The molecule has 0 amide bonds. The van der Waals surface area contributed by atoms with Crippen molar-refractivity contribution in [2.24, 2.45) is 0 Å². The minimum absolute atomic E-state index is 0.709. The highest BCUT2D eigenvalue weighted by Crippen LogP contribution is 2.08. The molecular weight excluding hydrogens is 176 g/mol. The highest BCUT2D eigenvalue weighted by molar-refractivity contribution is 4.75. The first-order valence-corrected chi connectivity index (χ1v) is 5.81. The van der Waals surface area contributed by atoms with Gasteiger partial charge in [-0.25, -0.2) is 0 Å². The van der Waals surface area contributed by atoms with E-state index in [2.05, 4.69) is 17.1 Å². The van der Waals surface area contributed by atoms with Crippen LogP contribution in [0.1, 0.15) is 26.2 Å². The fourth-order valence-corrected chi connectivity index (χ4v) is 1.99. The van der Waals surface area contributed by atoms with Gasteiger partial charge in [0.2, 0.25) is 0 Å². The number of rotatable bonds is 6. The van der Waals surface area contributed by atoms with E-state index in [1.54, 1.807) is 7.11 Å². The average molecular weight is 200 g/mol. The summed E-state index contributed by atoms with van der Waals surface area (Å²) >= 11 is 0. The molecule has 0 aromatic rings. The van der Waals surface area contributed by atoms with Gasteiger partial charge in [-0.1, -0.05) is 13.3 Å². The van der Waals surface area contributed by atoms with E-state index in [9.17, 15) is 0 Å². The second-order valence-corrected chi connectivity index (χ2v) is 4.03. The van der Waals surface area contributed by atoms with Gasteiger partial charge >= 0.3 is 0 Å². The standard InChI is InChI=1S/C11H24N2O/c1-3-13(8-9-14-2)10-11-6-4-5-7-12-11/h11-12H,3-10H2,1-2H3. The Balaban J connectivity index is 2.16. The molecule has 1 N–H and O–H groups in total. The highest BCUT2D eigenvalue weighted by atomic mass is 16.5. The molecule has 3 heteroatoms. The summed E-state index contributed by atoms with van der Waals surface area (Å²) in [5.74, 6) is 0. The summed E-state index contributed by atoms with van der Waals surface area (Å²) < 4.78 is 5.10. The first-order chi connectivity index (χ1) is 6.86. The predicted octanol–water partition coefficient (Wildman–Crippen LogP) is 1.10. The van der Waals surface area contributed by atoms with Crippen LogP contribution in [0.25, 0.3) is 0 Å². The molecule has 0 spiro atoms. The number of ether oxygens (including phenoxy) is 1. The van der Waals surface area contributed by atoms with Crippen LogP contribution >= 0.6 is 0 Å². The number of hydrogen-bond acceptors (Lipinski definition) is 3. The van der Waals surface area contributed by atoms with E-state index < -0.39 is 0 Å². The molecule has 1 aliphatic rings.